The summed E-state index contributed by atoms with van der Waals surface area (Å²) in [4.78, 5) is 27.9. The molecule has 0 aromatic carbocycles. The van der Waals surface area contributed by atoms with Crippen LogP contribution in [-0.4, -0.2) is 35.6 Å². The van der Waals surface area contributed by atoms with Crippen LogP contribution >= 0.6 is 0 Å². The van der Waals surface area contributed by atoms with Crippen LogP contribution in [0.2, 0.25) is 0 Å². The summed E-state index contributed by atoms with van der Waals surface area (Å²) in [5.41, 5.74) is -0.0345. The van der Waals surface area contributed by atoms with Gasteiger partial charge < -0.3 is 9.64 Å². The highest BCUT2D eigenvalue weighted by molar-refractivity contribution is 5.73. The third-order valence-corrected chi connectivity index (χ3v) is 3.31. The molecule has 2 rings (SSSR count). The number of pyridine rings is 1. The molecule has 2 heterocycles. The molecule has 1 aromatic heterocycles. The van der Waals surface area contributed by atoms with E-state index in [1.54, 1.807) is 13.0 Å². The summed E-state index contributed by atoms with van der Waals surface area (Å²) in [5, 5.41) is 10.6. The number of carbonyl (C=O) groups excluding carboxylic acids is 1. The van der Waals surface area contributed by atoms with Crippen molar-refractivity contribution in [1.29, 1.82) is 0 Å². The standard InChI is InChI=1S/C13H17N3O4/c1-2-20-13(17)10-4-3-7-15(9-10)12-6-5-11(8-14-12)16(18)19/h5-6,8,10H,2-4,7,9H2,1H3. The van der Waals surface area contributed by atoms with E-state index in [1.807, 2.05) is 4.90 Å². The van der Waals surface area contributed by atoms with Gasteiger partial charge in [0.1, 0.15) is 12.0 Å². The molecular weight excluding hydrogens is 262 g/mol. The summed E-state index contributed by atoms with van der Waals surface area (Å²) in [6.45, 7) is 3.51. The summed E-state index contributed by atoms with van der Waals surface area (Å²) in [5.74, 6) is 0.324. The molecule has 0 radical (unpaired) electrons. The molecule has 1 aliphatic rings. The molecule has 0 saturated carbocycles. The smallest absolute Gasteiger partial charge is 0.310 e. The predicted octanol–water partition coefficient (Wildman–Crippen LogP) is 1.77. The number of esters is 1. The topological polar surface area (TPSA) is 85.6 Å². The van der Waals surface area contributed by atoms with Crippen LogP contribution in [0.1, 0.15) is 19.8 Å². The molecule has 0 N–H and O–H groups in total. The molecule has 0 bridgehead atoms. The summed E-state index contributed by atoms with van der Waals surface area (Å²) in [6.07, 6.45) is 2.92. The Kier molecular flexibility index (Phi) is 4.49. The zero-order valence-corrected chi connectivity index (χ0v) is 11.3. The minimum Gasteiger partial charge on any atom is -0.466 e. The first-order chi connectivity index (χ1) is 9.61. The lowest BCUT2D eigenvalue weighted by Gasteiger charge is -2.32. The lowest BCUT2D eigenvalue weighted by Crippen LogP contribution is -2.39. The van der Waals surface area contributed by atoms with E-state index in [0.717, 1.165) is 19.4 Å². The monoisotopic (exact) mass is 279 g/mol. The van der Waals surface area contributed by atoms with Crippen molar-refractivity contribution in [2.24, 2.45) is 5.92 Å². The molecule has 1 aliphatic heterocycles. The fraction of sp³-hybridized carbons (Fsp3) is 0.538. The van der Waals surface area contributed by atoms with Gasteiger partial charge in [-0.15, -0.1) is 0 Å². The first-order valence-corrected chi connectivity index (χ1v) is 6.64. The van der Waals surface area contributed by atoms with Crippen molar-refractivity contribution in [2.45, 2.75) is 19.8 Å². The maximum Gasteiger partial charge on any atom is 0.310 e. The highest BCUT2D eigenvalue weighted by Crippen LogP contribution is 2.23. The van der Waals surface area contributed by atoms with Gasteiger partial charge in [-0.05, 0) is 25.8 Å². The Balaban J connectivity index is 2.04. The van der Waals surface area contributed by atoms with Crippen molar-refractivity contribution < 1.29 is 14.5 Å². The molecule has 1 fully saturated rings. The Bertz CT molecular complexity index is 489. The Morgan fingerprint density at radius 3 is 3.00 bits per heavy atom. The highest BCUT2D eigenvalue weighted by Gasteiger charge is 2.27. The summed E-state index contributed by atoms with van der Waals surface area (Å²) < 4.78 is 5.04. The number of anilines is 1. The van der Waals surface area contributed by atoms with Crippen molar-refractivity contribution in [3.8, 4) is 0 Å². The molecule has 7 nitrogen and oxygen atoms in total. The Hall–Kier alpha value is -2.18. The Labute approximate surface area is 116 Å². The van der Waals surface area contributed by atoms with Gasteiger partial charge in [-0.25, -0.2) is 4.98 Å². The largest absolute Gasteiger partial charge is 0.466 e. The molecule has 1 atom stereocenters. The first kappa shape index (κ1) is 14.2. The molecule has 7 heteroatoms. The van der Waals surface area contributed by atoms with Gasteiger partial charge in [-0.1, -0.05) is 0 Å². The van der Waals surface area contributed by atoms with Crippen molar-refractivity contribution in [3.63, 3.8) is 0 Å². The number of rotatable bonds is 4. The zero-order chi connectivity index (χ0) is 14.5. The number of hydrogen-bond acceptors (Lipinski definition) is 6. The van der Waals surface area contributed by atoms with Gasteiger partial charge in [-0.3, -0.25) is 14.9 Å². The van der Waals surface area contributed by atoms with Gasteiger partial charge >= 0.3 is 5.97 Å². The zero-order valence-electron chi connectivity index (χ0n) is 11.3. The molecule has 1 unspecified atom stereocenters. The first-order valence-electron chi connectivity index (χ1n) is 6.64. The fourth-order valence-electron chi connectivity index (χ4n) is 2.31. The van der Waals surface area contributed by atoms with E-state index >= 15 is 0 Å². The average molecular weight is 279 g/mol. The van der Waals surface area contributed by atoms with E-state index < -0.39 is 4.92 Å². The Morgan fingerprint density at radius 1 is 1.60 bits per heavy atom. The van der Waals surface area contributed by atoms with Crippen molar-refractivity contribution in [1.82, 2.24) is 4.98 Å². The van der Waals surface area contributed by atoms with Gasteiger partial charge in [0.05, 0.1) is 17.4 Å². The second-order valence-corrected chi connectivity index (χ2v) is 4.67. The molecule has 0 amide bonds. The molecule has 0 spiro atoms. The molecule has 20 heavy (non-hydrogen) atoms. The minimum absolute atomic E-state index is 0.0345. The summed E-state index contributed by atoms with van der Waals surface area (Å²) in [6, 6.07) is 3.04. The van der Waals surface area contributed by atoms with E-state index in [4.69, 9.17) is 4.74 Å². The third-order valence-electron chi connectivity index (χ3n) is 3.31. The summed E-state index contributed by atoms with van der Waals surface area (Å²) in [7, 11) is 0. The van der Waals surface area contributed by atoms with Crippen molar-refractivity contribution in [2.75, 3.05) is 24.6 Å². The lowest BCUT2D eigenvalue weighted by molar-refractivity contribution is -0.385. The quantitative estimate of drug-likeness (QED) is 0.474. The van der Waals surface area contributed by atoms with Crippen molar-refractivity contribution >= 4 is 17.5 Å². The number of nitro groups is 1. The van der Waals surface area contributed by atoms with Gasteiger partial charge in [0, 0.05) is 19.2 Å². The number of hydrogen-bond donors (Lipinski definition) is 0. The van der Waals surface area contributed by atoms with Crippen LogP contribution < -0.4 is 4.90 Å². The molecule has 1 aromatic rings. The van der Waals surface area contributed by atoms with Gasteiger partial charge in [0.15, 0.2) is 0 Å². The fourth-order valence-corrected chi connectivity index (χ4v) is 2.31. The number of nitrogens with zero attached hydrogens (tertiary/aromatic N) is 3. The van der Waals surface area contributed by atoms with Gasteiger partial charge in [-0.2, -0.15) is 0 Å². The number of ether oxygens (including phenoxy) is 1. The van der Waals surface area contributed by atoms with Crippen LogP contribution in [0.4, 0.5) is 11.5 Å². The van der Waals surface area contributed by atoms with E-state index in [-0.39, 0.29) is 17.6 Å². The van der Waals surface area contributed by atoms with E-state index in [1.165, 1.54) is 12.3 Å². The second kappa shape index (κ2) is 6.31. The maximum absolute atomic E-state index is 11.8. The normalized spacial score (nSPS) is 18.6. The molecule has 1 saturated heterocycles. The van der Waals surface area contributed by atoms with E-state index in [9.17, 15) is 14.9 Å². The van der Waals surface area contributed by atoms with Crippen LogP contribution in [0.25, 0.3) is 0 Å². The second-order valence-electron chi connectivity index (χ2n) is 4.67. The number of aromatic nitrogens is 1. The predicted molar refractivity (Wildman–Crippen MR) is 72.5 cm³/mol. The van der Waals surface area contributed by atoms with Gasteiger partial charge in [0.2, 0.25) is 0 Å². The molecular formula is C13H17N3O4. The Morgan fingerprint density at radius 2 is 2.40 bits per heavy atom. The summed E-state index contributed by atoms with van der Waals surface area (Å²) >= 11 is 0. The van der Waals surface area contributed by atoms with Crippen LogP contribution in [0.15, 0.2) is 18.3 Å². The van der Waals surface area contributed by atoms with Crippen LogP contribution in [-0.2, 0) is 9.53 Å². The number of piperidine rings is 1. The minimum atomic E-state index is -0.478. The number of carbonyl (C=O) groups is 1. The van der Waals surface area contributed by atoms with Crippen molar-refractivity contribution in [3.05, 3.63) is 28.4 Å². The lowest BCUT2D eigenvalue weighted by atomic mass is 9.98. The van der Waals surface area contributed by atoms with Crippen LogP contribution in [0, 0.1) is 16.0 Å². The molecule has 0 aliphatic carbocycles. The average Bonchev–Trinajstić information content (AvgIpc) is 2.48. The molecule has 108 valence electrons. The SMILES string of the molecule is CCOC(=O)C1CCCN(c2ccc([N+](=O)[O-])cn2)C1. The van der Waals surface area contributed by atoms with E-state index in [2.05, 4.69) is 4.98 Å². The van der Waals surface area contributed by atoms with Crippen LogP contribution in [0.3, 0.4) is 0 Å². The highest BCUT2D eigenvalue weighted by atomic mass is 16.6. The van der Waals surface area contributed by atoms with E-state index in [0.29, 0.717) is 19.0 Å². The maximum atomic E-state index is 11.8. The third kappa shape index (κ3) is 3.23. The van der Waals surface area contributed by atoms with Crippen LogP contribution in [0.5, 0.6) is 0 Å². The van der Waals surface area contributed by atoms with Gasteiger partial charge in [0.25, 0.3) is 5.69 Å².